The molecule has 5 heteroatoms. The first-order valence-electron chi connectivity index (χ1n) is 6.13. The van der Waals surface area contributed by atoms with Gasteiger partial charge in [-0.2, -0.15) is 0 Å². The van der Waals surface area contributed by atoms with Gasteiger partial charge in [0.15, 0.2) is 0 Å². The van der Waals surface area contributed by atoms with E-state index in [2.05, 4.69) is 10.2 Å². The third kappa shape index (κ3) is 3.05. The van der Waals surface area contributed by atoms with Crippen LogP contribution in [0, 0.1) is 5.82 Å². The van der Waals surface area contributed by atoms with Crippen molar-refractivity contribution in [3.63, 3.8) is 0 Å². The van der Waals surface area contributed by atoms with Crippen molar-refractivity contribution in [1.82, 2.24) is 10.2 Å². The van der Waals surface area contributed by atoms with E-state index >= 15 is 0 Å². The van der Waals surface area contributed by atoms with Crippen molar-refractivity contribution in [3.8, 4) is 0 Å². The van der Waals surface area contributed by atoms with E-state index in [9.17, 15) is 9.18 Å². The second-order valence-electron chi connectivity index (χ2n) is 4.40. The summed E-state index contributed by atoms with van der Waals surface area (Å²) in [6, 6.07) is 6.19. The summed E-state index contributed by atoms with van der Waals surface area (Å²) >= 11 is 0. The molecule has 2 rings (SSSR count). The van der Waals surface area contributed by atoms with Gasteiger partial charge in [-0.25, -0.2) is 4.39 Å². The molecule has 1 aliphatic rings. The molecule has 1 fully saturated rings. The number of halogens is 1. The molecule has 1 heterocycles. The minimum absolute atomic E-state index is 0.0305. The molecular weight excluding hydrogens is 233 g/mol. The number of piperazine rings is 1. The number of hydrogen-bond acceptors (Lipinski definition) is 3. The third-order valence-electron chi connectivity index (χ3n) is 3.10. The molecule has 1 saturated heterocycles. The lowest BCUT2D eigenvalue weighted by Crippen LogP contribution is -2.51. The van der Waals surface area contributed by atoms with E-state index in [1.807, 2.05) is 7.05 Å². The lowest BCUT2D eigenvalue weighted by Gasteiger charge is -2.34. The van der Waals surface area contributed by atoms with Crippen molar-refractivity contribution in [2.24, 2.45) is 0 Å². The molecule has 0 saturated carbocycles. The molecule has 0 radical (unpaired) electrons. The number of nitrogens with one attached hydrogen (secondary N) is 1. The van der Waals surface area contributed by atoms with E-state index in [4.69, 9.17) is 0 Å². The molecule has 1 N–H and O–H groups in total. The molecule has 1 aromatic rings. The largest absolute Gasteiger partial charge is 0.318 e. The fraction of sp³-hybridized carbons (Fsp3) is 0.462. The van der Waals surface area contributed by atoms with Crippen molar-refractivity contribution in [2.75, 3.05) is 44.7 Å². The van der Waals surface area contributed by atoms with Crippen LogP contribution in [0.2, 0.25) is 0 Å². The molecule has 0 bridgehead atoms. The van der Waals surface area contributed by atoms with Gasteiger partial charge in [0.1, 0.15) is 5.82 Å². The highest BCUT2D eigenvalue weighted by molar-refractivity contribution is 5.95. The molecule has 1 amide bonds. The first-order chi connectivity index (χ1) is 8.70. The van der Waals surface area contributed by atoms with Gasteiger partial charge in [-0.05, 0) is 25.2 Å². The maximum absolute atomic E-state index is 13.1. The predicted molar refractivity (Wildman–Crippen MR) is 69.1 cm³/mol. The van der Waals surface area contributed by atoms with Gasteiger partial charge < -0.3 is 10.2 Å². The summed E-state index contributed by atoms with van der Waals surface area (Å²) < 4.78 is 13.1. The Balaban J connectivity index is 1.99. The number of nitrogens with zero attached hydrogens (tertiary/aromatic N) is 2. The number of carbonyl (C=O) groups excluding carboxylic acids is 1. The van der Waals surface area contributed by atoms with Gasteiger partial charge in [0.2, 0.25) is 5.91 Å². The second-order valence-corrected chi connectivity index (χ2v) is 4.40. The minimum atomic E-state index is -0.307. The van der Waals surface area contributed by atoms with E-state index in [1.165, 1.54) is 12.1 Å². The number of hydrogen-bond donors (Lipinski definition) is 1. The first kappa shape index (κ1) is 13.0. The standard InChI is InChI=1S/C13H18FN3O/c1-15-5-6-16-7-8-17(13(18)10-16)12-4-2-3-11(14)9-12/h2-4,9,15H,5-8,10H2,1H3. The van der Waals surface area contributed by atoms with Gasteiger partial charge in [0.05, 0.1) is 6.54 Å². The van der Waals surface area contributed by atoms with Crippen LogP contribution >= 0.6 is 0 Å². The highest BCUT2D eigenvalue weighted by atomic mass is 19.1. The van der Waals surface area contributed by atoms with Crippen molar-refractivity contribution in [1.29, 1.82) is 0 Å². The van der Waals surface area contributed by atoms with Gasteiger partial charge in [-0.15, -0.1) is 0 Å². The molecule has 18 heavy (non-hydrogen) atoms. The molecule has 1 aromatic carbocycles. The lowest BCUT2D eigenvalue weighted by molar-refractivity contribution is -0.121. The zero-order valence-corrected chi connectivity index (χ0v) is 10.5. The van der Waals surface area contributed by atoms with Gasteiger partial charge in [0, 0.05) is 31.9 Å². The van der Waals surface area contributed by atoms with Crippen LogP contribution in [0.25, 0.3) is 0 Å². The van der Waals surface area contributed by atoms with Crippen LogP contribution in [0.3, 0.4) is 0 Å². The minimum Gasteiger partial charge on any atom is -0.318 e. The quantitative estimate of drug-likeness (QED) is 0.855. The van der Waals surface area contributed by atoms with Gasteiger partial charge in [-0.1, -0.05) is 6.07 Å². The van der Waals surface area contributed by atoms with Crippen LogP contribution in [-0.4, -0.2) is 50.6 Å². The highest BCUT2D eigenvalue weighted by Gasteiger charge is 2.24. The molecule has 0 aromatic heterocycles. The summed E-state index contributed by atoms with van der Waals surface area (Å²) in [7, 11) is 1.89. The summed E-state index contributed by atoms with van der Waals surface area (Å²) in [5.74, 6) is -0.277. The lowest BCUT2D eigenvalue weighted by atomic mass is 10.2. The number of anilines is 1. The van der Waals surface area contributed by atoms with Crippen LogP contribution in [0.5, 0.6) is 0 Å². The monoisotopic (exact) mass is 251 g/mol. The third-order valence-corrected chi connectivity index (χ3v) is 3.10. The van der Waals surface area contributed by atoms with E-state index in [0.717, 1.165) is 19.6 Å². The zero-order valence-electron chi connectivity index (χ0n) is 10.5. The molecular formula is C13H18FN3O. The Morgan fingerprint density at radius 3 is 2.89 bits per heavy atom. The average molecular weight is 251 g/mol. The molecule has 0 unspecified atom stereocenters. The summed E-state index contributed by atoms with van der Waals surface area (Å²) in [6.07, 6.45) is 0. The van der Waals surface area contributed by atoms with Gasteiger partial charge in [-0.3, -0.25) is 9.69 Å². The molecule has 0 aliphatic carbocycles. The van der Waals surface area contributed by atoms with Crippen LogP contribution in [0.4, 0.5) is 10.1 Å². The van der Waals surface area contributed by atoms with Crippen molar-refractivity contribution in [3.05, 3.63) is 30.1 Å². The maximum Gasteiger partial charge on any atom is 0.241 e. The van der Waals surface area contributed by atoms with Crippen LogP contribution < -0.4 is 10.2 Å². The molecule has 98 valence electrons. The topological polar surface area (TPSA) is 35.6 Å². The normalized spacial score (nSPS) is 17.2. The van der Waals surface area contributed by atoms with Crippen LogP contribution in [0.15, 0.2) is 24.3 Å². The molecule has 0 spiro atoms. The van der Waals surface area contributed by atoms with E-state index in [0.29, 0.717) is 18.8 Å². The molecule has 4 nitrogen and oxygen atoms in total. The number of carbonyl (C=O) groups is 1. The fourth-order valence-electron chi connectivity index (χ4n) is 2.10. The SMILES string of the molecule is CNCCN1CCN(c2cccc(F)c2)C(=O)C1. The van der Waals surface area contributed by atoms with Gasteiger partial charge >= 0.3 is 0 Å². The number of likely N-dealkylation sites (N-methyl/N-ethyl adjacent to an activating group) is 1. The van der Waals surface area contributed by atoms with Crippen molar-refractivity contribution < 1.29 is 9.18 Å². The molecule has 0 atom stereocenters. The summed E-state index contributed by atoms with van der Waals surface area (Å²) in [5, 5.41) is 3.06. The Labute approximate surface area is 106 Å². The Kier molecular flexibility index (Phi) is 4.28. The van der Waals surface area contributed by atoms with Crippen molar-refractivity contribution in [2.45, 2.75) is 0 Å². The van der Waals surface area contributed by atoms with E-state index in [1.54, 1.807) is 17.0 Å². The molecule has 1 aliphatic heterocycles. The van der Waals surface area contributed by atoms with E-state index < -0.39 is 0 Å². The maximum atomic E-state index is 13.1. The number of rotatable bonds is 4. The summed E-state index contributed by atoms with van der Waals surface area (Å²) in [5.41, 5.74) is 0.647. The second kappa shape index (κ2) is 5.93. The first-order valence-corrected chi connectivity index (χ1v) is 6.13. The Morgan fingerprint density at radius 1 is 1.39 bits per heavy atom. The Bertz CT molecular complexity index is 424. The Hall–Kier alpha value is -1.46. The number of benzene rings is 1. The van der Waals surface area contributed by atoms with Crippen LogP contribution in [-0.2, 0) is 4.79 Å². The smallest absolute Gasteiger partial charge is 0.241 e. The summed E-state index contributed by atoms with van der Waals surface area (Å²) in [4.78, 5) is 15.8. The van der Waals surface area contributed by atoms with E-state index in [-0.39, 0.29) is 11.7 Å². The zero-order chi connectivity index (χ0) is 13.0. The van der Waals surface area contributed by atoms with Crippen molar-refractivity contribution >= 4 is 11.6 Å². The Morgan fingerprint density at radius 2 is 2.22 bits per heavy atom. The summed E-state index contributed by atoms with van der Waals surface area (Å²) in [6.45, 7) is 3.57. The fourth-order valence-corrected chi connectivity index (χ4v) is 2.10. The number of amides is 1. The highest BCUT2D eigenvalue weighted by Crippen LogP contribution is 2.18. The van der Waals surface area contributed by atoms with Crippen LogP contribution in [0.1, 0.15) is 0 Å². The van der Waals surface area contributed by atoms with Gasteiger partial charge in [0.25, 0.3) is 0 Å². The predicted octanol–water partition coefficient (Wildman–Crippen LogP) is 0.694. The average Bonchev–Trinajstić information content (AvgIpc) is 2.36.